The summed E-state index contributed by atoms with van der Waals surface area (Å²) in [5.41, 5.74) is 9.99. The first-order valence-electron chi connectivity index (χ1n) is 10.4. The summed E-state index contributed by atoms with van der Waals surface area (Å²) in [7, 11) is 0. The van der Waals surface area contributed by atoms with Crippen LogP contribution in [0.15, 0.2) is 60.9 Å². The van der Waals surface area contributed by atoms with E-state index in [0.29, 0.717) is 12.4 Å². The van der Waals surface area contributed by atoms with E-state index in [9.17, 15) is 10.2 Å². The molecule has 0 amide bonds. The molecule has 4 atom stereocenters. The molecule has 0 aliphatic heterocycles. The first kappa shape index (κ1) is 21.3. The lowest BCUT2D eigenvalue weighted by Crippen LogP contribution is -2.15. The van der Waals surface area contributed by atoms with Gasteiger partial charge in [-0.3, -0.25) is 0 Å². The maximum absolute atomic E-state index is 9.82. The summed E-state index contributed by atoms with van der Waals surface area (Å²) in [5.74, 6) is 6.66. The van der Waals surface area contributed by atoms with Crippen LogP contribution in [-0.4, -0.2) is 38.5 Å². The number of aliphatic hydroxyl groups excluding tert-OH is 2. The normalized spacial score (nSPS) is 19.4. The van der Waals surface area contributed by atoms with Gasteiger partial charge in [0.05, 0.1) is 19.3 Å². The Kier molecular flexibility index (Phi) is 6.50. The van der Waals surface area contributed by atoms with Crippen LogP contribution in [0.4, 0.5) is 0 Å². The predicted molar refractivity (Wildman–Crippen MR) is 119 cm³/mol. The number of aromatic nitrogens is 2. The van der Waals surface area contributed by atoms with Gasteiger partial charge in [0.15, 0.2) is 0 Å². The fourth-order valence-corrected chi connectivity index (χ4v) is 3.41. The van der Waals surface area contributed by atoms with Gasteiger partial charge in [-0.2, -0.15) is 0 Å². The van der Waals surface area contributed by atoms with Gasteiger partial charge in [0.1, 0.15) is 18.0 Å². The van der Waals surface area contributed by atoms with Crippen LogP contribution in [0.3, 0.4) is 0 Å². The van der Waals surface area contributed by atoms with Gasteiger partial charge >= 0.3 is 0 Å². The molecule has 4 N–H and O–H groups in total. The smallest absolute Gasteiger partial charge is 0.138 e. The van der Waals surface area contributed by atoms with Crippen LogP contribution in [-0.2, 0) is 11.3 Å². The minimum Gasteiger partial charge on any atom is -0.393 e. The Balaban J connectivity index is 1.42. The van der Waals surface area contributed by atoms with Crippen LogP contribution in [0.25, 0.3) is 11.1 Å². The van der Waals surface area contributed by atoms with Crippen LogP contribution in [0.1, 0.15) is 42.4 Å². The van der Waals surface area contributed by atoms with Crippen molar-refractivity contribution in [3.63, 3.8) is 0 Å². The Labute approximate surface area is 182 Å². The second-order valence-corrected chi connectivity index (χ2v) is 7.86. The average Bonchev–Trinajstić information content (AvgIpc) is 3.27. The van der Waals surface area contributed by atoms with Crippen molar-refractivity contribution in [1.29, 1.82) is 0 Å². The van der Waals surface area contributed by atoms with Crippen molar-refractivity contribution < 1.29 is 14.9 Å². The van der Waals surface area contributed by atoms with E-state index in [4.69, 9.17) is 10.5 Å². The standard InChI is InChI=1S/C25H27N3O3/c1-17(30)25-27-12-13-28(25)22(15-29)11-6-18-2-7-20(8-3-18)21-9-4-19(5-10-21)16-31-24-14-23(24)26/h2-5,7-10,12-13,17,22-24,29-30H,14-16,26H2,1H3/t17?,22?,23-,24-/m1/s1. The number of benzene rings is 2. The molecular formula is C25H27N3O3. The molecule has 31 heavy (non-hydrogen) atoms. The highest BCUT2D eigenvalue weighted by atomic mass is 16.5. The lowest BCUT2D eigenvalue weighted by Gasteiger charge is -2.14. The van der Waals surface area contributed by atoms with Crippen molar-refractivity contribution in [3.8, 4) is 23.0 Å². The number of imidazole rings is 1. The number of nitrogens with zero attached hydrogens (tertiary/aromatic N) is 2. The molecule has 0 saturated heterocycles. The molecule has 2 unspecified atom stereocenters. The minimum atomic E-state index is -0.727. The van der Waals surface area contributed by atoms with Gasteiger partial charge in [-0.15, -0.1) is 0 Å². The topological polar surface area (TPSA) is 93.5 Å². The predicted octanol–water partition coefficient (Wildman–Crippen LogP) is 2.80. The summed E-state index contributed by atoms with van der Waals surface area (Å²) < 4.78 is 7.44. The van der Waals surface area contributed by atoms with E-state index in [1.54, 1.807) is 23.9 Å². The lowest BCUT2D eigenvalue weighted by molar-refractivity contribution is 0.102. The number of hydrogen-bond acceptors (Lipinski definition) is 5. The van der Waals surface area contributed by atoms with Crippen LogP contribution in [0, 0.1) is 11.8 Å². The highest BCUT2D eigenvalue weighted by Crippen LogP contribution is 2.25. The number of rotatable bonds is 7. The van der Waals surface area contributed by atoms with E-state index in [0.717, 1.165) is 28.7 Å². The summed E-state index contributed by atoms with van der Waals surface area (Å²) in [6.45, 7) is 2.07. The van der Waals surface area contributed by atoms with Crippen LogP contribution < -0.4 is 5.73 Å². The zero-order valence-electron chi connectivity index (χ0n) is 17.5. The molecule has 0 radical (unpaired) electrons. The van der Waals surface area contributed by atoms with Gasteiger partial charge in [0, 0.05) is 24.0 Å². The van der Waals surface area contributed by atoms with Gasteiger partial charge in [-0.05, 0) is 42.2 Å². The summed E-state index contributed by atoms with van der Waals surface area (Å²) in [4.78, 5) is 4.14. The van der Waals surface area contributed by atoms with Crippen LogP contribution in [0.2, 0.25) is 0 Å². The third-order valence-electron chi connectivity index (χ3n) is 5.38. The number of ether oxygens (including phenoxy) is 1. The molecular weight excluding hydrogens is 390 g/mol. The summed E-state index contributed by atoms with van der Waals surface area (Å²) in [5, 5.41) is 19.6. The van der Waals surface area contributed by atoms with Crippen molar-refractivity contribution in [2.75, 3.05) is 6.61 Å². The molecule has 6 nitrogen and oxygen atoms in total. The second kappa shape index (κ2) is 9.46. The Morgan fingerprint density at radius 3 is 2.39 bits per heavy atom. The Morgan fingerprint density at radius 1 is 1.16 bits per heavy atom. The molecule has 0 bridgehead atoms. The number of aliphatic hydroxyl groups is 2. The molecule has 1 aromatic heterocycles. The van der Waals surface area contributed by atoms with Gasteiger partial charge < -0.3 is 25.3 Å². The molecule has 160 valence electrons. The van der Waals surface area contributed by atoms with Crippen molar-refractivity contribution in [3.05, 3.63) is 77.9 Å². The van der Waals surface area contributed by atoms with Crippen molar-refractivity contribution in [1.82, 2.24) is 9.55 Å². The van der Waals surface area contributed by atoms with E-state index >= 15 is 0 Å². The molecule has 2 aromatic carbocycles. The average molecular weight is 418 g/mol. The number of nitrogens with two attached hydrogens (primary N) is 1. The molecule has 3 aromatic rings. The molecule has 4 rings (SSSR count). The highest BCUT2D eigenvalue weighted by molar-refractivity contribution is 5.64. The van der Waals surface area contributed by atoms with E-state index in [1.165, 1.54) is 0 Å². The molecule has 1 aliphatic rings. The van der Waals surface area contributed by atoms with E-state index in [-0.39, 0.29) is 18.8 Å². The molecule has 1 aliphatic carbocycles. The molecule has 0 spiro atoms. The monoisotopic (exact) mass is 417 g/mol. The van der Waals surface area contributed by atoms with Crippen molar-refractivity contribution in [2.24, 2.45) is 5.73 Å². The Morgan fingerprint density at radius 2 is 1.81 bits per heavy atom. The SMILES string of the molecule is CC(O)c1nccn1C(C#Cc1ccc(-c2ccc(CO[C@@H]3C[C@H]3N)cc2)cc1)CO. The third kappa shape index (κ3) is 5.22. The number of hydrogen-bond donors (Lipinski definition) is 3. The van der Waals surface area contributed by atoms with E-state index < -0.39 is 12.1 Å². The molecule has 1 fully saturated rings. The maximum atomic E-state index is 9.82. The Bertz CT molecular complexity index is 1060. The zero-order valence-corrected chi connectivity index (χ0v) is 17.5. The van der Waals surface area contributed by atoms with E-state index in [2.05, 4.69) is 41.1 Å². The highest BCUT2D eigenvalue weighted by Gasteiger charge is 2.34. The fourth-order valence-electron chi connectivity index (χ4n) is 3.41. The molecule has 6 heteroatoms. The zero-order chi connectivity index (χ0) is 21.8. The van der Waals surface area contributed by atoms with Crippen molar-refractivity contribution >= 4 is 0 Å². The first-order valence-corrected chi connectivity index (χ1v) is 10.4. The summed E-state index contributed by atoms with van der Waals surface area (Å²) >= 11 is 0. The second-order valence-electron chi connectivity index (χ2n) is 7.86. The molecule has 1 saturated carbocycles. The van der Waals surface area contributed by atoms with Gasteiger partial charge in [-0.1, -0.05) is 48.2 Å². The Hall–Kier alpha value is -2.95. The largest absolute Gasteiger partial charge is 0.393 e. The van der Waals surface area contributed by atoms with Crippen molar-refractivity contribution in [2.45, 2.75) is 44.2 Å². The first-order chi connectivity index (χ1) is 15.0. The van der Waals surface area contributed by atoms with Gasteiger partial charge in [-0.25, -0.2) is 4.98 Å². The van der Waals surface area contributed by atoms with Crippen LogP contribution >= 0.6 is 0 Å². The van der Waals surface area contributed by atoms with Crippen LogP contribution in [0.5, 0.6) is 0 Å². The quantitative estimate of drug-likeness (QED) is 0.514. The summed E-state index contributed by atoms with van der Waals surface area (Å²) in [6.07, 6.45) is 3.75. The summed E-state index contributed by atoms with van der Waals surface area (Å²) in [6, 6.07) is 16.1. The lowest BCUT2D eigenvalue weighted by atomic mass is 10.0. The van der Waals surface area contributed by atoms with E-state index in [1.807, 2.05) is 24.3 Å². The minimum absolute atomic E-state index is 0.163. The van der Waals surface area contributed by atoms with Gasteiger partial charge in [0.25, 0.3) is 0 Å². The fraction of sp³-hybridized carbons (Fsp3) is 0.320. The molecule has 1 heterocycles. The third-order valence-corrected chi connectivity index (χ3v) is 5.38. The van der Waals surface area contributed by atoms with Gasteiger partial charge in [0.2, 0.25) is 0 Å². The maximum Gasteiger partial charge on any atom is 0.138 e.